The summed E-state index contributed by atoms with van der Waals surface area (Å²) in [5, 5.41) is 24.6. The van der Waals surface area contributed by atoms with Gasteiger partial charge in [-0.3, -0.25) is 0 Å². The van der Waals surface area contributed by atoms with Crippen LogP contribution >= 0.6 is 0 Å². The van der Waals surface area contributed by atoms with Crippen molar-refractivity contribution in [3.63, 3.8) is 0 Å². The molecule has 7 aromatic rings. The summed E-state index contributed by atoms with van der Waals surface area (Å²) in [7, 11) is 3.39. The third-order valence-electron chi connectivity index (χ3n) is 9.66. The van der Waals surface area contributed by atoms with Crippen LogP contribution in [0.15, 0.2) is 140 Å². The third-order valence-corrected chi connectivity index (χ3v) is 9.66. The second kappa shape index (κ2) is 15.4. The zero-order chi connectivity index (χ0) is 37.7. The number of aliphatic hydroxyl groups is 1. The molecule has 0 amide bonds. The molecule has 0 spiro atoms. The van der Waals surface area contributed by atoms with Crippen LogP contribution in [0.2, 0.25) is 0 Å². The molecular weight excluding hydrogens is 677 g/mol. The highest BCUT2D eigenvalue weighted by atomic mass is 16.5. The molecule has 0 radical (unpaired) electrons. The molecule has 0 saturated heterocycles. The predicted molar refractivity (Wildman–Crippen MR) is 206 cm³/mol. The molecule has 2 heterocycles. The van der Waals surface area contributed by atoms with E-state index < -0.39 is 17.1 Å². The van der Waals surface area contributed by atoms with E-state index in [2.05, 4.69) is 57.8 Å². The first-order chi connectivity index (χ1) is 26.2. The van der Waals surface area contributed by atoms with Crippen molar-refractivity contribution in [2.24, 2.45) is 7.05 Å². The van der Waals surface area contributed by atoms with E-state index in [4.69, 9.17) is 14.7 Å². The first-order valence-electron chi connectivity index (χ1n) is 17.8. The van der Waals surface area contributed by atoms with E-state index in [0.717, 1.165) is 38.9 Å². The van der Waals surface area contributed by atoms with Gasteiger partial charge in [0.1, 0.15) is 23.6 Å². The first-order valence-corrected chi connectivity index (χ1v) is 17.8. The van der Waals surface area contributed by atoms with Gasteiger partial charge in [-0.15, -0.1) is 5.10 Å². The van der Waals surface area contributed by atoms with Gasteiger partial charge in [-0.25, -0.2) is 14.5 Å². The van der Waals surface area contributed by atoms with Crippen LogP contribution in [0.4, 0.5) is 0 Å². The fraction of sp³-hybridized carbons (Fsp3) is 0.205. The molecule has 0 saturated carbocycles. The lowest BCUT2D eigenvalue weighted by Gasteiger charge is -2.36. The maximum atomic E-state index is 13.3. The molecule has 5 aromatic carbocycles. The number of tetrazole rings is 1. The zero-order valence-corrected chi connectivity index (χ0v) is 30.8. The Morgan fingerprint density at radius 3 is 1.81 bits per heavy atom. The Balaban J connectivity index is 1.23. The molecule has 10 nitrogen and oxygen atoms in total. The van der Waals surface area contributed by atoms with Crippen molar-refractivity contribution < 1.29 is 19.4 Å². The van der Waals surface area contributed by atoms with Crippen LogP contribution in [0.3, 0.4) is 0 Å². The highest BCUT2D eigenvalue weighted by Crippen LogP contribution is 2.43. The lowest BCUT2D eigenvalue weighted by molar-refractivity contribution is 0.0423. The van der Waals surface area contributed by atoms with Crippen molar-refractivity contribution in [1.29, 1.82) is 0 Å². The molecule has 0 aliphatic rings. The number of benzene rings is 5. The van der Waals surface area contributed by atoms with Crippen molar-refractivity contribution >= 4 is 5.97 Å². The number of aromatic nitrogens is 6. The number of rotatable bonds is 13. The number of nitrogens with zero attached hydrogens (tertiary/aromatic N) is 6. The minimum absolute atomic E-state index is 0.0298. The van der Waals surface area contributed by atoms with E-state index in [-0.39, 0.29) is 12.3 Å². The Morgan fingerprint density at radius 1 is 0.741 bits per heavy atom. The van der Waals surface area contributed by atoms with Crippen LogP contribution in [0, 0.1) is 0 Å². The van der Waals surface area contributed by atoms with Crippen molar-refractivity contribution in [3.05, 3.63) is 179 Å². The van der Waals surface area contributed by atoms with Crippen LogP contribution in [0.5, 0.6) is 0 Å². The third kappa shape index (κ3) is 6.84. The molecule has 0 fully saturated rings. The molecule has 0 bridgehead atoms. The predicted octanol–water partition coefficient (Wildman–Crippen LogP) is 7.35. The Bertz CT molecular complexity index is 2230. The maximum absolute atomic E-state index is 13.3. The molecule has 1 N–H and O–H groups in total. The van der Waals surface area contributed by atoms with Gasteiger partial charge >= 0.3 is 5.97 Å². The van der Waals surface area contributed by atoms with Crippen molar-refractivity contribution in [1.82, 2.24) is 29.8 Å². The largest absolute Gasteiger partial charge is 0.456 e. The Hall–Kier alpha value is -6.23. The van der Waals surface area contributed by atoms with Crippen LogP contribution < -0.4 is 0 Å². The van der Waals surface area contributed by atoms with Gasteiger partial charge in [0, 0.05) is 26.1 Å². The monoisotopic (exact) mass is 718 g/mol. The molecule has 0 unspecified atom stereocenters. The molecule has 0 aliphatic heterocycles. The molecular formula is C44H42N6O4. The highest BCUT2D eigenvalue weighted by Gasteiger charge is 2.42. The van der Waals surface area contributed by atoms with Gasteiger partial charge in [0.15, 0.2) is 11.5 Å². The lowest BCUT2D eigenvalue weighted by Crippen LogP contribution is -2.39. The number of methoxy groups -OCH3 is 1. The minimum atomic E-state index is -1.31. The fourth-order valence-corrected chi connectivity index (χ4v) is 7.22. The first kappa shape index (κ1) is 36.1. The van der Waals surface area contributed by atoms with E-state index in [1.54, 1.807) is 32.6 Å². The summed E-state index contributed by atoms with van der Waals surface area (Å²) in [5.74, 6) is 0.623. The Labute approximate surface area is 314 Å². The molecule has 54 heavy (non-hydrogen) atoms. The number of hydrogen-bond donors (Lipinski definition) is 1. The Morgan fingerprint density at radius 2 is 1.28 bits per heavy atom. The van der Waals surface area contributed by atoms with Gasteiger partial charge < -0.3 is 19.1 Å². The number of imidazole rings is 1. The average molecular weight is 719 g/mol. The van der Waals surface area contributed by atoms with E-state index in [1.165, 1.54) is 0 Å². The number of carbonyl (C=O) groups is 1. The molecule has 0 aliphatic carbocycles. The summed E-state index contributed by atoms with van der Waals surface area (Å²) in [6.45, 7) is 3.72. The van der Waals surface area contributed by atoms with Gasteiger partial charge in [-0.2, -0.15) is 0 Å². The number of esters is 1. The highest BCUT2D eigenvalue weighted by molar-refractivity contribution is 5.89. The van der Waals surface area contributed by atoms with E-state index in [9.17, 15) is 9.90 Å². The normalized spacial score (nSPS) is 11.8. The van der Waals surface area contributed by atoms with Gasteiger partial charge in [-0.1, -0.05) is 140 Å². The minimum Gasteiger partial charge on any atom is -0.456 e. The summed E-state index contributed by atoms with van der Waals surface area (Å²) in [6.07, 6.45) is 0.490. The number of hydrogen-bond acceptors (Lipinski definition) is 8. The Kier molecular flexibility index (Phi) is 10.3. The van der Waals surface area contributed by atoms with Crippen molar-refractivity contribution in [2.75, 3.05) is 13.7 Å². The van der Waals surface area contributed by atoms with Gasteiger partial charge in [0.2, 0.25) is 0 Å². The molecule has 10 heteroatoms. The maximum Gasteiger partial charge on any atom is 0.359 e. The van der Waals surface area contributed by atoms with Gasteiger partial charge in [-0.05, 0) is 57.7 Å². The molecule has 272 valence electrons. The zero-order valence-electron chi connectivity index (χ0n) is 30.8. The summed E-state index contributed by atoms with van der Waals surface area (Å²) in [5.41, 5.74) is 4.85. The van der Waals surface area contributed by atoms with E-state index in [0.29, 0.717) is 30.4 Å². The standard InChI is InChI=1S/C44H42N6O4/c1-43(2,52)40-39(45-38(49(40)3)28-29-53-4)42(51)54-30-31-24-26-32(27-25-31)36-22-14-15-23-37(36)41-46-47-48-50(41)44(33-16-8-5-9-17-33,34-18-10-6-11-19-34)35-20-12-7-13-21-35/h5-27,52H,28-30H2,1-4H3. The topological polar surface area (TPSA) is 117 Å². The van der Waals surface area contributed by atoms with Crippen LogP contribution in [0.25, 0.3) is 22.5 Å². The van der Waals surface area contributed by atoms with Crippen molar-refractivity contribution in [2.45, 2.75) is 38.0 Å². The fourth-order valence-electron chi connectivity index (χ4n) is 7.22. The average Bonchev–Trinajstić information content (AvgIpc) is 3.83. The summed E-state index contributed by atoms with van der Waals surface area (Å²) in [6, 6.07) is 46.9. The van der Waals surface area contributed by atoms with Crippen LogP contribution in [0.1, 0.15) is 58.1 Å². The number of carbonyl (C=O) groups excluding carboxylic acids is 1. The van der Waals surface area contributed by atoms with Crippen LogP contribution in [-0.4, -0.2) is 54.6 Å². The lowest BCUT2D eigenvalue weighted by atomic mass is 9.77. The molecule has 0 atom stereocenters. The van der Waals surface area contributed by atoms with Gasteiger partial charge in [0.25, 0.3) is 0 Å². The second-order valence-corrected chi connectivity index (χ2v) is 13.6. The quantitative estimate of drug-likeness (QED) is 0.0972. The molecule has 2 aromatic heterocycles. The van der Waals surface area contributed by atoms with E-state index >= 15 is 0 Å². The summed E-state index contributed by atoms with van der Waals surface area (Å²) < 4.78 is 14.6. The summed E-state index contributed by atoms with van der Waals surface area (Å²) in [4.78, 5) is 17.9. The van der Waals surface area contributed by atoms with Crippen LogP contribution in [-0.2, 0) is 40.7 Å². The van der Waals surface area contributed by atoms with E-state index in [1.807, 2.05) is 102 Å². The van der Waals surface area contributed by atoms with Crippen molar-refractivity contribution in [3.8, 4) is 22.5 Å². The summed E-state index contributed by atoms with van der Waals surface area (Å²) >= 11 is 0. The smallest absolute Gasteiger partial charge is 0.359 e. The number of ether oxygens (including phenoxy) is 2. The van der Waals surface area contributed by atoms with Gasteiger partial charge in [0.05, 0.1) is 12.3 Å². The second-order valence-electron chi connectivity index (χ2n) is 13.6. The molecule has 7 rings (SSSR count). The SMILES string of the molecule is COCCc1nc(C(=O)OCc2ccc(-c3ccccc3-c3nnnn3C(c3ccccc3)(c3ccccc3)c3ccccc3)cc2)c(C(C)(C)O)n1C.